The SMILES string of the molecule is CC1CCCC(NC(=O)CN(C)CCC(=O)O)C1C. The molecular weight excluding hydrogens is 244 g/mol. The number of aliphatic carboxylic acids is 1. The van der Waals surface area contributed by atoms with Crippen LogP contribution in [-0.4, -0.2) is 48.1 Å². The highest BCUT2D eigenvalue weighted by Gasteiger charge is 2.28. The maximum atomic E-state index is 11.9. The lowest BCUT2D eigenvalue weighted by atomic mass is 9.78. The Kier molecular flexibility index (Phi) is 6.28. The second-order valence-electron chi connectivity index (χ2n) is 5.82. The first-order chi connectivity index (χ1) is 8.90. The molecule has 0 heterocycles. The summed E-state index contributed by atoms with van der Waals surface area (Å²) in [6, 6.07) is 0.268. The Balaban J connectivity index is 2.32. The zero-order chi connectivity index (χ0) is 14.4. The number of nitrogens with zero attached hydrogens (tertiary/aromatic N) is 1. The predicted molar refractivity (Wildman–Crippen MR) is 73.9 cm³/mol. The van der Waals surface area contributed by atoms with Crippen LogP contribution in [0, 0.1) is 11.8 Å². The summed E-state index contributed by atoms with van der Waals surface area (Å²) < 4.78 is 0. The van der Waals surface area contributed by atoms with Gasteiger partial charge in [-0.1, -0.05) is 26.7 Å². The zero-order valence-corrected chi connectivity index (χ0v) is 12.2. The molecule has 0 aliphatic heterocycles. The Morgan fingerprint density at radius 3 is 2.63 bits per heavy atom. The quantitative estimate of drug-likeness (QED) is 0.764. The van der Waals surface area contributed by atoms with Crippen LogP contribution in [0.4, 0.5) is 0 Å². The largest absolute Gasteiger partial charge is 0.481 e. The molecule has 0 bridgehead atoms. The van der Waals surface area contributed by atoms with Crippen molar-refractivity contribution in [1.82, 2.24) is 10.2 Å². The van der Waals surface area contributed by atoms with Crippen molar-refractivity contribution in [3.63, 3.8) is 0 Å². The standard InChI is InChI=1S/C14H26N2O3/c1-10-5-4-6-12(11(10)2)15-13(17)9-16(3)8-7-14(18)19/h10-12H,4-9H2,1-3H3,(H,15,17)(H,18,19). The van der Waals surface area contributed by atoms with Gasteiger partial charge in [0.05, 0.1) is 13.0 Å². The molecule has 0 radical (unpaired) electrons. The van der Waals surface area contributed by atoms with Crippen LogP contribution in [0.1, 0.15) is 39.5 Å². The van der Waals surface area contributed by atoms with Crippen molar-refractivity contribution < 1.29 is 14.7 Å². The third kappa shape index (κ3) is 5.59. The van der Waals surface area contributed by atoms with Crippen molar-refractivity contribution in [2.75, 3.05) is 20.1 Å². The second kappa shape index (κ2) is 7.48. The topological polar surface area (TPSA) is 69.6 Å². The van der Waals surface area contributed by atoms with E-state index in [1.54, 1.807) is 11.9 Å². The van der Waals surface area contributed by atoms with Gasteiger partial charge in [0.15, 0.2) is 0 Å². The van der Waals surface area contributed by atoms with Gasteiger partial charge in [0, 0.05) is 12.6 Å². The van der Waals surface area contributed by atoms with Gasteiger partial charge in [-0.2, -0.15) is 0 Å². The monoisotopic (exact) mass is 270 g/mol. The molecule has 1 amide bonds. The molecule has 1 aliphatic rings. The summed E-state index contributed by atoms with van der Waals surface area (Å²) in [5.74, 6) is 0.339. The highest BCUT2D eigenvalue weighted by molar-refractivity contribution is 5.78. The first-order valence-corrected chi connectivity index (χ1v) is 7.10. The van der Waals surface area contributed by atoms with E-state index in [9.17, 15) is 9.59 Å². The smallest absolute Gasteiger partial charge is 0.304 e. The molecule has 1 aliphatic carbocycles. The Hall–Kier alpha value is -1.10. The number of hydrogen-bond acceptors (Lipinski definition) is 3. The van der Waals surface area contributed by atoms with Crippen LogP contribution in [0.2, 0.25) is 0 Å². The van der Waals surface area contributed by atoms with Crippen molar-refractivity contribution in [3.8, 4) is 0 Å². The summed E-state index contributed by atoms with van der Waals surface area (Å²) >= 11 is 0. The minimum atomic E-state index is -0.831. The highest BCUT2D eigenvalue weighted by atomic mass is 16.4. The van der Waals surface area contributed by atoms with Crippen LogP contribution in [0.5, 0.6) is 0 Å². The molecule has 110 valence electrons. The van der Waals surface area contributed by atoms with Crippen LogP contribution in [0.25, 0.3) is 0 Å². The lowest BCUT2D eigenvalue weighted by Gasteiger charge is -2.34. The van der Waals surface area contributed by atoms with Crippen molar-refractivity contribution in [2.45, 2.75) is 45.6 Å². The summed E-state index contributed by atoms with van der Waals surface area (Å²) in [6.07, 6.45) is 3.54. The van der Waals surface area contributed by atoms with Crippen molar-refractivity contribution in [2.24, 2.45) is 11.8 Å². The van der Waals surface area contributed by atoms with Crippen LogP contribution >= 0.6 is 0 Å². The molecule has 19 heavy (non-hydrogen) atoms. The van der Waals surface area contributed by atoms with E-state index in [4.69, 9.17) is 5.11 Å². The number of hydrogen-bond donors (Lipinski definition) is 2. The first-order valence-electron chi connectivity index (χ1n) is 7.10. The number of carbonyl (C=O) groups excluding carboxylic acids is 1. The number of rotatable bonds is 6. The molecule has 0 aromatic rings. The average Bonchev–Trinajstić information content (AvgIpc) is 2.32. The summed E-state index contributed by atoms with van der Waals surface area (Å²) in [6.45, 7) is 5.11. The number of likely N-dealkylation sites (N-methyl/N-ethyl adjacent to an activating group) is 1. The molecule has 1 saturated carbocycles. The third-order valence-corrected chi connectivity index (χ3v) is 4.17. The van der Waals surface area contributed by atoms with Gasteiger partial charge in [0.1, 0.15) is 0 Å². The van der Waals surface area contributed by atoms with E-state index in [0.717, 1.165) is 6.42 Å². The molecule has 3 atom stereocenters. The van der Waals surface area contributed by atoms with Crippen LogP contribution in [0.3, 0.4) is 0 Å². The molecule has 0 aromatic carbocycles. The second-order valence-corrected chi connectivity index (χ2v) is 5.82. The van der Waals surface area contributed by atoms with Gasteiger partial charge >= 0.3 is 5.97 Å². The van der Waals surface area contributed by atoms with Gasteiger partial charge in [-0.05, 0) is 25.3 Å². The fourth-order valence-corrected chi connectivity index (χ4v) is 2.65. The van der Waals surface area contributed by atoms with E-state index in [0.29, 0.717) is 18.4 Å². The molecule has 0 aromatic heterocycles. The molecule has 5 heteroatoms. The van der Waals surface area contributed by atoms with Crippen molar-refractivity contribution >= 4 is 11.9 Å². The Bertz CT molecular complexity index is 320. The maximum Gasteiger partial charge on any atom is 0.304 e. The highest BCUT2D eigenvalue weighted by Crippen LogP contribution is 2.29. The average molecular weight is 270 g/mol. The van der Waals surface area contributed by atoms with E-state index < -0.39 is 5.97 Å². The van der Waals surface area contributed by atoms with Crippen LogP contribution in [-0.2, 0) is 9.59 Å². The summed E-state index contributed by atoms with van der Waals surface area (Å²) in [5, 5.41) is 11.7. The number of nitrogens with one attached hydrogen (secondary N) is 1. The van der Waals surface area contributed by atoms with Gasteiger partial charge in [0.25, 0.3) is 0 Å². The lowest BCUT2D eigenvalue weighted by Crippen LogP contribution is -2.47. The van der Waals surface area contributed by atoms with Gasteiger partial charge in [-0.3, -0.25) is 14.5 Å². The van der Waals surface area contributed by atoms with Crippen LogP contribution < -0.4 is 5.32 Å². The summed E-state index contributed by atoms with van der Waals surface area (Å²) in [7, 11) is 1.77. The number of amides is 1. The van der Waals surface area contributed by atoms with Gasteiger partial charge in [0.2, 0.25) is 5.91 Å². The third-order valence-electron chi connectivity index (χ3n) is 4.17. The van der Waals surface area contributed by atoms with Gasteiger partial charge < -0.3 is 10.4 Å². The lowest BCUT2D eigenvalue weighted by molar-refractivity contribution is -0.137. The molecule has 2 N–H and O–H groups in total. The van der Waals surface area contributed by atoms with E-state index in [1.165, 1.54) is 12.8 Å². The van der Waals surface area contributed by atoms with Crippen molar-refractivity contribution in [3.05, 3.63) is 0 Å². The number of carboxylic acid groups (broad SMARTS) is 1. The maximum absolute atomic E-state index is 11.9. The summed E-state index contributed by atoms with van der Waals surface area (Å²) in [4.78, 5) is 24.1. The first kappa shape index (κ1) is 16.0. The summed E-state index contributed by atoms with van der Waals surface area (Å²) in [5.41, 5.74) is 0. The molecule has 5 nitrogen and oxygen atoms in total. The molecule has 1 fully saturated rings. The number of carbonyl (C=O) groups is 2. The van der Waals surface area contributed by atoms with E-state index in [1.807, 2.05) is 0 Å². The Labute approximate surface area is 115 Å². The Morgan fingerprint density at radius 1 is 1.32 bits per heavy atom. The molecular formula is C14H26N2O3. The van der Waals surface area contributed by atoms with E-state index in [2.05, 4.69) is 19.2 Å². The zero-order valence-electron chi connectivity index (χ0n) is 12.2. The fourth-order valence-electron chi connectivity index (χ4n) is 2.65. The predicted octanol–water partition coefficient (Wildman–Crippen LogP) is 1.33. The minimum absolute atomic E-state index is 0.00108. The normalized spacial score (nSPS) is 27.3. The fraction of sp³-hybridized carbons (Fsp3) is 0.857. The number of carboxylic acids is 1. The van der Waals surface area contributed by atoms with E-state index in [-0.39, 0.29) is 24.9 Å². The van der Waals surface area contributed by atoms with Crippen LogP contribution in [0.15, 0.2) is 0 Å². The molecule has 3 unspecified atom stereocenters. The minimum Gasteiger partial charge on any atom is -0.481 e. The van der Waals surface area contributed by atoms with Gasteiger partial charge in [-0.15, -0.1) is 0 Å². The Morgan fingerprint density at radius 2 is 2.00 bits per heavy atom. The molecule has 0 saturated heterocycles. The van der Waals surface area contributed by atoms with Crippen molar-refractivity contribution in [1.29, 1.82) is 0 Å². The molecule has 0 spiro atoms. The molecule has 1 rings (SSSR count). The van der Waals surface area contributed by atoms with E-state index >= 15 is 0 Å². The van der Waals surface area contributed by atoms with Gasteiger partial charge in [-0.25, -0.2) is 0 Å².